The van der Waals surface area contributed by atoms with Crippen LogP contribution in [0.15, 0.2) is 28.8 Å². The van der Waals surface area contributed by atoms with Crippen molar-refractivity contribution in [2.75, 3.05) is 13.2 Å². The summed E-state index contributed by atoms with van der Waals surface area (Å²) in [5.41, 5.74) is 1.15. The van der Waals surface area contributed by atoms with Gasteiger partial charge in [0.2, 0.25) is 5.89 Å². The Labute approximate surface area is 124 Å². The first-order valence-corrected chi connectivity index (χ1v) is 7.55. The second kappa shape index (κ2) is 6.26. The van der Waals surface area contributed by atoms with Gasteiger partial charge in [0, 0.05) is 18.0 Å². The standard InChI is InChI=1S/C16H21N3O2/c1-3-17-11(2)10-15-18-16(19-21-15)13-8-9-20-14-7-5-4-6-12(13)14/h4-7,11,13,17H,3,8-10H2,1-2H3. The molecule has 1 aromatic heterocycles. The molecule has 1 N–H and O–H groups in total. The zero-order valence-electron chi connectivity index (χ0n) is 12.5. The van der Waals surface area contributed by atoms with E-state index in [0.717, 1.165) is 36.5 Å². The van der Waals surface area contributed by atoms with E-state index in [1.54, 1.807) is 0 Å². The highest BCUT2D eigenvalue weighted by Gasteiger charge is 2.27. The molecular formula is C16H21N3O2. The third kappa shape index (κ3) is 3.08. The summed E-state index contributed by atoms with van der Waals surface area (Å²) in [6, 6.07) is 8.42. The fourth-order valence-electron chi connectivity index (χ4n) is 2.79. The van der Waals surface area contributed by atoms with E-state index in [2.05, 4.69) is 35.4 Å². The smallest absolute Gasteiger partial charge is 0.228 e. The van der Waals surface area contributed by atoms with Crippen LogP contribution in [-0.2, 0) is 6.42 Å². The molecule has 0 aliphatic carbocycles. The van der Waals surface area contributed by atoms with Gasteiger partial charge >= 0.3 is 0 Å². The highest BCUT2D eigenvalue weighted by molar-refractivity contribution is 5.40. The van der Waals surface area contributed by atoms with E-state index >= 15 is 0 Å². The lowest BCUT2D eigenvalue weighted by Crippen LogP contribution is -2.27. The molecule has 112 valence electrons. The van der Waals surface area contributed by atoms with Gasteiger partial charge < -0.3 is 14.6 Å². The lowest BCUT2D eigenvalue weighted by Gasteiger charge is -2.23. The molecule has 2 aromatic rings. The van der Waals surface area contributed by atoms with Gasteiger partial charge in [0.25, 0.3) is 0 Å². The maximum atomic E-state index is 5.68. The molecule has 2 atom stereocenters. The van der Waals surface area contributed by atoms with Crippen molar-refractivity contribution in [1.82, 2.24) is 15.5 Å². The van der Waals surface area contributed by atoms with Gasteiger partial charge in [0.1, 0.15) is 5.75 Å². The number of rotatable bonds is 5. The van der Waals surface area contributed by atoms with Crippen molar-refractivity contribution in [2.45, 2.75) is 38.6 Å². The molecule has 5 heteroatoms. The van der Waals surface area contributed by atoms with E-state index in [0.29, 0.717) is 18.5 Å². The number of para-hydroxylation sites is 1. The number of nitrogens with zero attached hydrogens (tertiary/aromatic N) is 2. The van der Waals surface area contributed by atoms with Crippen LogP contribution in [0.1, 0.15) is 43.5 Å². The van der Waals surface area contributed by atoms with Crippen molar-refractivity contribution < 1.29 is 9.26 Å². The summed E-state index contributed by atoms with van der Waals surface area (Å²) >= 11 is 0. The minimum atomic E-state index is 0.168. The molecule has 0 fully saturated rings. The highest BCUT2D eigenvalue weighted by Crippen LogP contribution is 2.36. The van der Waals surface area contributed by atoms with E-state index in [1.165, 1.54) is 0 Å². The number of hydrogen-bond acceptors (Lipinski definition) is 5. The molecule has 2 unspecified atom stereocenters. The summed E-state index contributed by atoms with van der Waals surface area (Å²) in [4.78, 5) is 4.58. The second-order valence-electron chi connectivity index (χ2n) is 5.44. The SMILES string of the molecule is CCNC(C)Cc1nc(C2CCOc3ccccc32)no1. The van der Waals surface area contributed by atoms with Crippen LogP contribution in [0.5, 0.6) is 5.75 Å². The second-order valence-corrected chi connectivity index (χ2v) is 5.44. The summed E-state index contributed by atoms with van der Waals surface area (Å²) in [7, 11) is 0. The van der Waals surface area contributed by atoms with Crippen LogP contribution >= 0.6 is 0 Å². The average molecular weight is 287 g/mol. The maximum Gasteiger partial charge on any atom is 0.228 e. The zero-order chi connectivity index (χ0) is 14.7. The Morgan fingerprint density at radius 2 is 2.24 bits per heavy atom. The van der Waals surface area contributed by atoms with Gasteiger partial charge in [-0.25, -0.2) is 0 Å². The zero-order valence-corrected chi connectivity index (χ0v) is 12.5. The minimum absolute atomic E-state index is 0.168. The first-order valence-electron chi connectivity index (χ1n) is 7.55. The van der Waals surface area contributed by atoms with Crippen molar-refractivity contribution in [3.63, 3.8) is 0 Å². The van der Waals surface area contributed by atoms with Gasteiger partial charge in [0.05, 0.1) is 12.5 Å². The van der Waals surface area contributed by atoms with Gasteiger partial charge in [-0.05, 0) is 26.0 Å². The topological polar surface area (TPSA) is 60.2 Å². The predicted molar refractivity (Wildman–Crippen MR) is 79.5 cm³/mol. The van der Waals surface area contributed by atoms with Crippen LogP contribution in [0.3, 0.4) is 0 Å². The van der Waals surface area contributed by atoms with Gasteiger partial charge in [-0.15, -0.1) is 0 Å². The summed E-state index contributed by atoms with van der Waals surface area (Å²) in [6.07, 6.45) is 1.64. The maximum absolute atomic E-state index is 5.68. The van der Waals surface area contributed by atoms with Crippen LogP contribution in [-0.4, -0.2) is 29.3 Å². The molecule has 2 heterocycles. The summed E-state index contributed by atoms with van der Waals surface area (Å²) in [5, 5.41) is 7.53. The average Bonchev–Trinajstić information content (AvgIpc) is 2.95. The first kappa shape index (κ1) is 14.1. The van der Waals surface area contributed by atoms with Crippen molar-refractivity contribution in [1.29, 1.82) is 0 Å². The quantitative estimate of drug-likeness (QED) is 0.915. The number of benzene rings is 1. The van der Waals surface area contributed by atoms with E-state index < -0.39 is 0 Å². The molecule has 0 saturated carbocycles. The largest absolute Gasteiger partial charge is 0.493 e. The number of aromatic nitrogens is 2. The fourth-order valence-corrected chi connectivity index (χ4v) is 2.79. The monoisotopic (exact) mass is 287 g/mol. The molecule has 1 aliphatic rings. The van der Waals surface area contributed by atoms with Gasteiger partial charge in [-0.2, -0.15) is 4.98 Å². The van der Waals surface area contributed by atoms with Crippen LogP contribution < -0.4 is 10.1 Å². The predicted octanol–water partition coefficient (Wildman–Crippen LogP) is 2.52. The Morgan fingerprint density at radius 3 is 3.10 bits per heavy atom. The lowest BCUT2D eigenvalue weighted by molar-refractivity contribution is 0.272. The first-order chi connectivity index (χ1) is 10.3. The third-order valence-corrected chi connectivity index (χ3v) is 3.79. The summed E-state index contributed by atoms with van der Waals surface area (Å²) in [5.74, 6) is 2.56. The van der Waals surface area contributed by atoms with Crippen molar-refractivity contribution in [2.24, 2.45) is 0 Å². The molecule has 0 amide bonds. The molecule has 21 heavy (non-hydrogen) atoms. The molecule has 0 bridgehead atoms. The van der Waals surface area contributed by atoms with Gasteiger partial charge in [0.15, 0.2) is 5.82 Å². The van der Waals surface area contributed by atoms with Crippen LogP contribution in [0.4, 0.5) is 0 Å². The van der Waals surface area contributed by atoms with Crippen molar-refractivity contribution in [3.8, 4) is 5.75 Å². The minimum Gasteiger partial charge on any atom is -0.493 e. The van der Waals surface area contributed by atoms with Crippen molar-refractivity contribution in [3.05, 3.63) is 41.5 Å². The van der Waals surface area contributed by atoms with Gasteiger partial charge in [-0.1, -0.05) is 30.3 Å². The molecule has 3 rings (SSSR count). The summed E-state index contributed by atoms with van der Waals surface area (Å²) < 4.78 is 11.1. The Hall–Kier alpha value is -1.88. The van der Waals surface area contributed by atoms with Gasteiger partial charge in [-0.3, -0.25) is 0 Å². The summed E-state index contributed by atoms with van der Waals surface area (Å²) in [6.45, 7) is 5.85. The van der Waals surface area contributed by atoms with Crippen LogP contribution in [0.25, 0.3) is 0 Å². The number of nitrogens with one attached hydrogen (secondary N) is 1. The van der Waals surface area contributed by atoms with E-state index in [9.17, 15) is 0 Å². The number of likely N-dealkylation sites (N-methyl/N-ethyl adjacent to an activating group) is 1. The molecular weight excluding hydrogens is 266 g/mol. The van der Waals surface area contributed by atoms with Crippen molar-refractivity contribution >= 4 is 0 Å². The van der Waals surface area contributed by atoms with E-state index in [4.69, 9.17) is 9.26 Å². The normalized spacial score (nSPS) is 18.9. The molecule has 0 radical (unpaired) electrons. The molecule has 0 saturated heterocycles. The Bertz CT molecular complexity index is 597. The molecule has 1 aliphatic heterocycles. The fraction of sp³-hybridized carbons (Fsp3) is 0.500. The van der Waals surface area contributed by atoms with E-state index in [-0.39, 0.29) is 5.92 Å². The molecule has 0 spiro atoms. The Balaban J connectivity index is 1.78. The number of fused-ring (bicyclic) bond motifs is 1. The third-order valence-electron chi connectivity index (χ3n) is 3.79. The molecule has 1 aromatic carbocycles. The van der Waals surface area contributed by atoms with E-state index in [1.807, 2.05) is 18.2 Å². The number of hydrogen-bond donors (Lipinski definition) is 1. The Morgan fingerprint density at radius 1 is 1.38 bits per heavy atom. The Kier molecular flexibility index (Phi) is 4.20. The highest BCUT2D eigenvalue weighted by atomic mass is 16.5. The van der Waals surface area contributed by atoms with Crippen LogP contribution in [0.2, 0.25) is 0 Å². The number of ether oxygens (including phenoxy) is 1. The molecule has 5 nitrogen and oxygen atoms in total. The van der Waals surface area contributed by atoms with Crippen LogP contribution in [0, 0.1) is 0 Å². The lowest BCUT2D eigenvalue weighted by atomic mass is 9.92.